The average molecular weight is 580 g/mol. The summed E-state index contributed by atoms with van der Waals surface area (Å²) in [6, 6.07) is -0.595. The largest absolute Gasteiger partial charge is 0.489 e. The van der Waals surface area contributed by atoms with Crippen molar-refractivity contribution in [2.24, 2.45) is 13.0 Å². The summed E-state index contributed by atoms with van der Waals surface area (Å²) in [5.41, 5.74) is -0.367. The first kappa shape index (κ1) is 28.3. The standard InChI is InChI=1S/C22H22F5N5O6S/c1-10(22(25,26)27)28-20(34)21(35)32-6-11-9-38-18-16(39(36,37)30-15(11)7-32)8-31(2)17(18)19(33)29-12-3-4-13(23)14(24)5-12/h3-5,8,10-11,15,30H,6-7,9H2,1-2H3,(H,28,34)(H,29,33). The highest BCUT2D eigenvalue weighted by molar-refractivity contribution is 7.89. The molecule has 3 heterocycles. The number of ether oxygens (including phenoxy) is 1. The first-order valence-corrected chi connectivity index (χ1v) is 12.8. The monoisotopic (exact) mass is 579 g/mol. The second-order valence-corrected chi connectivity index (χ2v) is 10.8. The normalized spacial score (nSPS) is 21.1. The van der Waals surface area contributed by atoms with E-state index < -0.39 is 68.5 Å². The summed E-state index contributed by atoms with van der Waals surface area (Å²) in [6.45, 7) is -0.104. The first-order valence-electron chi connectivity index (χ1n) is 11.4. The van der Waals surface area contributed by atoms with E-state index in [4.69, 9.17) is 4.74 Å². The quantitative estimate of drug-likeness (QED) is 0.368. The van der Waals surface area contributed by atoms with Crippen molar-refractivity contribution in [2.45, 2.75) is 30.1 Å². The summed E-state index contributed by atoms with van der Waals surface area (Å²) in [4.78, 5) is 38.0. The van der Waals surface area contributed by atoms with Crippen LogP contribution in [0.2, 0.25) is 0 Å². The van der Waals surface area contributed by atoms with Gasteiger partial charge in [0.1, 0.15) is 10.9 Å². The van der Waals surface area contributed by atoms with Crippen molar-refractivity contribution in [3.63, 3.8) is 0 Å². The number of anilines is 1. The molecule has 3 unspecified atom stereocenters. The van der Waals surface area contributed by atoms with E-state index in [1.165, 1.54) is 11.6 Å². The number of fused-ring (bicyclic) bond motifs is 2. The first-order chi connectivity index (χ1) is 18.1. The number of nitrogens with one attached hydrogen (secondary N) is 3. The maximum absolute atomic E-state index is 13.6. The Labute approximate surface area is 218 Å². The SMILES string of the molecule is CC(NC(=O)C(=O)N1CC2COc3c(cn(C)c3C(=O)Nc3ccc(F)c(F)c3)S(=O)(=O)NC2C1)C(F)(F)F. The molecule has 2 aliphatic heterocycles. The Kier molecular flexibility index (Phi) is 7.33. The van der Waals surface area contributed by atoms with Crippen molar-refractivity contribution < 1.29 is 49.5 Å². The highest BCUT2D eigenvalue weighted by atomic mass is 32.2. The Hall–Kier alpha value is -3.73. The van der Waals surface area contributed by atoms with Gasteiger partial charge in [-0.2, -0.15) is 13.2 Å². The summed E-state index contributed by atoms with van der Waals surface area (Å²) < 4.78 is 101. The number of likely N-dealkylation sites (tertiary alicyclic amines) is 1. The molecule has 2 aliphatic rings. The maximum Gasteiger partial charge on any atom is 0.408 e. The number of halogens is 5. The van der Waals surface area contributed by atoms with Crippen LogP contribution in [0.5, 0.6) is 5.75 Å². The third kappa shape index (κ3) is 5.68. The van der Waals surface area contributed by atoms with Crippen molar-refractivity contribution in [1.82, 2.24) is 19.5 Å². The van der Waals surface area contributed by atoms with E-state index in [-0.39, 0.29) is 36.8 Å². The second kappa shape index (κ2) is 10.1. The Morgan fingerprint density at radius 3 is 2.49 bits per heavy atom. The number of sulfonamides is 1. The number of nitrogens with zero attached hydrogens (tertiary/aromatic N) is 2. The number of hydrogen-bond acceptors (Lipinski definition) is 6. The molecule has 0 radical (unpaired) electrons. The van der Waals surface area contributed by atoms with Gasteiger partial charge in [-0.05, 0) is 19.1 Å². The molecular weight excluding hydrogens is 557 g/mol. The van der Waals surface area contributed by atoms with Crippen LogP contribution >= 0.6 is 0 Å². The van der Waals surface area contributed by atoms with Gasteiger partial charge in [0.05, 0.1) is 6.61 Å². The summed E-state index contributed by atoms with van der Waals surface area (Å²) in [5.74, 6) is -7.10. The van der Waals surface area contributed by atoms with Crippen LogP contribution in [0.3, 0.4) is 0 Å². The lowest BCUT2D eigenvalue weighted by molar-refractivity contribution is -0.162. The van der Waals surface area contributed by atoms with Gasteiger partial charge in [0, 0.05) is 50.0 Å². The van der Waals surface area contributed by atoms with Gasteiger partial charge in [-0.3, -0.25) is 14.4 Å². The third-order valence-electron chi connectivity index (χ3n) is 6.29. The molecule has 3 atom stereocenters. The molecule has 3 amide bonds. The van der Waals surface area contributed by atoms with Gasteiger partial charge in [0.2, 0.25) is 10.0 Å². The van der Waals surface area contributed by atoms with E-state index in [1.54, 1.807) is 5.32 Å². The Balaban J connectivity index is 1.54. The zero-order chi connectivity index (χ0) is 28.9. The Morgan fingerprint density at radius 1 is 1.15 bits per heavy atom. The summed E-state index contributed by atoms with van der Waals surface area (Å²) in [5, 5.41) is 3.90. The molecule has 0 saturated carbocycles. The molecule has 0 bridgehead atoms. The van der Waals surface area contributed by atoms with Crippen molar-refractivity contribution >= 4 is 33.4 Å². The van der Waals surface area contributed by atoms with Crippen molar-refractivity contribution in [2.75, 3.05) is 25.0 Å². The molecule has 1 fully saturated rings. The van der Waals surface area contributed by atoms with E-state index in [2.05, 4.69) is 10.0 Å². The average Bonchev–Trinajstić information content (AvgIpc) is 3.38. The van der Waals surface area contributed by atoms with Crippen molar-refractivity contribution in [3.05, 3.63) is 41.7 Å². The number of carbonyl (C=O) groups is 3. The number of carbonyl (C=O) groups excluding carboxylic acids is 3. The number of rotatable bonds is 3. The fraction of sp³-hybridized carbons (Fsp3) is 0.409. The van der Waals surface area contributed by atoms with Crippen LogP contribution in [-0.2, 0) is 26.7 Å². The molecule has 0 spiro atoms. The highest BCUT2D eigenvalue weighted by Gasteiger charge is 2.44. The second-order valence-electron chi connectivity index (χ2n) is 9.11. The van der Waals surface area contributed by atoms with Crippen LogP contribution in [-0.4, -0.2) is 73.6 Å². The fourth-order valence-electron chi connectivity index (χ4n) is 4.21. The van der Waals surface area contributed by atoms with Crippen molar-refractivity contribution in [3.8, 4) is 5.75 Å². The molecule has 1 saturated heterocycles. The number of hydrogen-bond donors (Lipinski definition) is 3. The van der Waals surface area contributed by atoms with E-state index in [9.17, 15) is 44.8 Å². The molecule has 0 aliphatic carbocycles. The molecular formula is C22H22F5N5O6S. The van der Waals surface area contributed by atoms with E-state index in [0.29, 0.717) is 6.92 Å². The predicted octanol–water partition coefficient (Wildman–Crippen LogP) is 1.12. The van der Waals surface area contributed by atoms with Gasteiger partial charge in [0.25, 0.3) is 5.91 Å². The summed E-state index contributed by atoms with van der Waals surface area (Å²) in [7, 11) is -2.99. The minimum atomic E-state index is -4.77. The molecule has 1 aromatic carbocycles. The smallest absolute Gasteiger partial charge is 0.408 e. The Morgan fingerprint density at radius 2 is 1.85 bits per heavy atom. The lowest BCUT2D eigenvalue weighted by Crippen LogP contribution is -2.50. The minimum Gasteiger partial charge on any atom is -0.489 e. The molecule has 212 valence electrons. The number of aryl methyl sites for hydroxylation is 1. The van der Waals surface area contributed by atoms with Gasteiger partial charge < -0.3 is 24.8 Å². The van der Waals surface area contributed by atoms with Crippen LogP contribution in [0.1, 0.15) is 17.4 Å². The zero-order valence-electron chi connectivity index (χ0n) is 20.3. The van der Waals surface area contributed by atoms with Crippen LogP contribution < -0.4 is 20.1 Å². The lowest BCUT2D eigenvalue weighted by atomic mass is 10.1. The van der Waals surface area contributed by atoms with Gasteiger partial charge in [-0.25, -0.2) is 21.9 Å². The zero-order valence-corrected chi connectivity index (χ0v) is 21.1. The molecule has 11 nitrogen and oxygen atoms in total. The van der Waals surface area contributed by atoms with Gasteiger partial charge in [-0.15, -0.1) is 0 Å². The van der Waals surface area contributed by atoms with Crippen LogP contribution in [0, 0.1) is 17.6 Å². The van der Waals surface area contributed by atoms with Crippen LogP contribution in [0.4, 0.5) is 27.6 Å². The number of alkyl halides is 3. The van der Waals surface area contributed by atoms with E-state index >= 15 is 0 Å². The molecule has 2 aromatic rings. The molecule has 39 heavy (non-hydrogen) atoms. The van der Waals surface area contributed by atoms with Gasteiger partial charge >= 0.3 is 18.0 Å². The number of benzene rings is 1. The maximum atomic E-state index is 13.6. The van der Waals surface area contributed by atoms with Crippen LogP contribution in [0.25, 0.3) is 0 Å². The van der Waals surface area contributed by atoms with Crippen LogP contribution in [0.15, 0.2) is 29.3 Å². The topological polar surface area (TPSA) is 139 Å². The highest BCUT2D eigenvalue weighted by Crippen LogP contribution is 2.35. The summed E-state index contributed by atoms with van der Waals surface area (Å²) >= 11 is 0. The third-order valence-corrected chi connectivity index (χ3v) is 7.78. The lowest BCUT2D eigenvalue weighted by Gasteiger charge is -2.23. The Bertz CT molecular complexity index is 1440. The number of aromatic nitrogens is 1. The number of amides is 3. The molecule has 17 heteroatoms. The minimum absolute atomic E-state index is 0.108. The van der Waals surface area contributed by atoms with E-state index in [1.807, 2.05) is 0 Å². The van der Waals surface area contributed by atoms with Gasteiger partial charge in [0.15, 0.2) is 23.1 Å². The van der Waals surface area contributed by atoms with Gasteiger partial charge in [-0.1, -0.05) is 0 Å². The van der Waals surface area contributed by atoms with E-state index in [0.717, 1.165) is 29.3 Å². The molecule has 4 rings (SSSR count). The summed E-state index contributed by atoms with van der Waals surface area (Å²) in [6.07, 6.45) is -3.67. The molecule has 1 aromatic heterocycles. The fourth-order valence-corrected chi connectivity index (χ4v) is 5.70. The van der Waals surface area contributed by atoms with Crippen molar-refractivity contribution in [1.29, 1.82) is 0 Å². The molecule has 3 N–H and O–H groups in total. The predicted molar refractivity (Wildman–Crippen MR) is 123 cm³/mol.